The third-order valence-electron chi connectivity index (χ3n) is 7.07. The molecule has 9 nitrogen and oxygen atoms in total. The van der Waals surface area contributed by atoms with E-state index >= 15 is 0 Å². The summed E-state index contributed by atoms with van der Waals surface area (Å²) in [5, 5.41) is 5.17. The summed E-state index contributed by atoms with van der Waals surface area (Å²) in [5.74, 6) is -3.95. The maximum atomic E-state index is 14.0. The molecule has 0 bridgehead atoms. The van der Waals surface area contributed by atoms with Gasteiger partial charge in [-0.1, -0.05) is 39.0 Å². The normalized spacial score (nSPS) is 23.4. The van der Waals surface area contributed by atoms with Gasteiger partial charge in [-0.05, 0) is 36.3 Å². The zero-order valence-electron chi connectivity index (χ0n) is 21.4. The van der Waals surface area contributed by atoms with Gasteiger partial charge in [-0.2, -0.15) is 13.2 Å². The Bertz CT molecular complexity index is 1200. The van der Waals surface area contributed by atoms with E-state index in [4.69, 9.17) is 6.57 Å². The number of para-hydroxylation sites is 1. The third-order valence-corrected chi connectivity index (χ3v) is 7.07. The maximum absolute atomic E-state index is 14.0. The van der Waals surface area contributed by atoms with Crippen LogP contribution in [0.1, 0.15) is 52.0 Å². The van der Waals surface area contributed by atoms with Gasteiger partial charge in [-0.3, -0.25) is 28.9 Å². The molecule has 12 heteroatoms. The molecular formula is C26H30F3N5O4. The fourth-order valence-corrected chi connectivity index (χ4v) is 5.18. The standard InChI is InChI=1S/C26H30F3N5O4/c1-24(2,3)11-18(33(14-26(27,28)29)22(37)20(35)31-15-9-10-15)21(36)34-13-25(12-19(34)30-4)16-7-5-6-8-17(16)32-23(25)38/h5-8,15,18-19H,9-14H2,1-3H3,(H,31,35)(H,32,38)/t18-,19-,25-/m0/s1. The minimum Gasteiger partial charge on any atom is -0.345 e. The van der Waals surface area contributed by atoms with E-state index < -0.39 is 59.4 Å². The lowest BCUT2D eigenvalue weighted by molar-refractivity contribution is -0.173. The number of halogens is 3. The number of anilines is 1. The molecule has 4 rings (SSSR count). The van der Waals surface area contributed by atoms with Crippen molar-refractivity contribution in [3.63, 3.8) is 0 Å². The first-order valence-electron chi connectivity index (χ1n) is 12.4. The van der Waals surface area contributed by atoms with Crippen LogP contribution in [0, 0.1) is 12.0 Å². The molecule has 38 heavy (non-hydrogen) atoms. The Morgan fingerprint density at radius 2 is 1.89 bits per heavy atom. The summed E-state index contributed by atoms with van der Waals surface area (Å²) in [6, 6.07) is 4.92. The van der Waals surface area contributed by atoms with Gasteiger partial charge in [0.25, 0.3) is 5.91 Å². The minimum absolute atomic E-state index is 0.0390. The number of fused-ring (bicyclic) bond motifs is 2. The van der Waals surface area contributed by atoms with Crippen LogP contribution in [-0.2, 0) is 24.6 Å². The summed E-state index contributed by atoms with van der Waals surface area (Å²) >= 11 is 0. The molecule has 1 spiro atoms. The number of carbonyl (C=O) groups is 4. The lowest BCUT2D eigenvalue weighted by atomic mass is 9.80. The van der Waals surface area contributed by atoms with Crippen LogP contribution in [0.25, 0.3) is 4.85 Å². The van der Waals surface area contributed by atoms with Gasteiger partial charge in [-0.25, -0.2) is 6.57 Å². The summed E-state index contributed by atoms with van der Waals surface area (Å²) < 4.78 is 41.1. The first-order chi connectivity index (χ1) is 17.6. The average Bonchev–Trinajstić information content (AvgIpc) is 3.48. The van der Waals surface area contributed by atoms with Crippen molar-refractivity contribution in [1.82, 2.24) is 15.1 Å². The van der Waals surface area contributed by atoms with Crippen molar-refractivity contribution in [2.45, 2.75) is 76.3 Å². The van der Waals surface area contributed by atoms with Crippen molar-refractivity contribution in [2.24, 2.45) is 5.41 Å². The molecule has 0 unspecified atom stereocenters. The van der Waals surface area contributed by atoms with Crippen molar-refractivity contribution in [1.29, 1.82) is 0 Å². The summed E-state index contributed by atoms with van der Waals surface area (Å²) in [5.41, 5.74) is -0.809. The highest BCUT2D eigenvalue weighted by Gasteiger charge is 2.59. The Kier molecular flexibility index (Phi) is 6.93. The zero-order valence-corrected chi connectivity index (χ0v) is 21.4. The SMILES string of the molecule is [C-]#[N+][C@@H]1C[C@@]2(CN1C(=O)[C@H](CC(C)(C)C)N(CC(F)(F)F)C(=O)C(=O)NC1CC1)C(=O)Nc1ccccc12. The molecule has 1 aromatic rings. The highest BCUT2D eigenvalue weighted by Crippen LogP contribution is 2.47. The molecule has 0 radical (unpaired) electrons. The molecule has 4 amide bonds. The quantitative estimate of drug-likeness (QED) is 0.449. The second kappa shape index (κ2) is 9.60. The molecule has 3 atom stereocenters. The van der Waals surface area contributed by atoms with Gasteiger partial charge >= 0.3 is 24.2 Å². The fourth-order valence-electron chi connectivity index (χ4n) is 5.18. The molecule has 1 aliphatic carbocycles. The van der Waals surface area contributed by atoms with E-state index in [9.17, 15) is 32.3 Å². The molecule has 2 N–H and O–H groups in total. The Morgan fingerprint density at radius 1 is 1.24 bits per heavy atom. The van der Waals surface area contributed by atoms with Crippen molar-refractivity contribution in [3.05, 3.63) is 41.2 Å². The van der Waals surface area contributed by atoms with Crippen LogP contribution >= 0.6 is 0 Å². The Morgan fingerprint density at radius 3 is 2.47 bits per heavy atom. The van der Waals surface area contributed by atoms with Crippen molar-refractivity contribution in [2.75, 3.05) is 18.4 Å². The number of nitrogens with one attached hydrogen (secondary N) is 2. The molecule has 0 aromatic heterocycles. The Hall–Kier alpha value is -3.62. The van der Waals surface area contributed by atoms with Gasteiger partial charge in [-0.15, -0.1) is 0 Å². The number of carbonyl (C=O) groups excluding carboxylic acids is 4. The number of hydrogen-bond donors (Lipinski definition) is 2. The predicted molar refractivity (Wildman–Crippen MR) is 130 cm³/mol. The van der Waals surface area contributed by atoms with E-state index in [1.165, 1.54) is 0 Å². The number of hydrogen-bond acceptors (Lipinski definition) is 4. The molecule has 2 heterocycles. The van der Waals surface area contributed by atoms with E-state index in [-0.39, 0.29) is 30.3 Å². The lowest BCUT2D eigenvalue weighted by Gasteiger charge is -2.36. The molecule has 2 aliphatic heterocycles. The summed E-state index contributed by atoms with van der Waals surface area (Å²) in [6.07, 6.45) is -5.01. The molecule has 2 fully saturated rings. The Balaban J connectivity index is 1.71. The third kappa shape index (κ3) is 5.47. The van der Waals surface area contributed by atoms with Gasteiger partial charge in [0.15, 0.2) is 0 Å². The Labute approximate surface area is 218 Å². The number of rotatable bonds is 5. The number of likely N-dealkylation sites (tertiary alicyclic amines) is 1. The molecule has 204 valence electrons. The summed E-state index contributed by atoms with van der Waals surface area (Å²) in [6.45, 7) is 10.8. The van der Waals surface area contributed by atoms with Gasteiger partial charge < -0.3 is 15.5 Å². The van der Waals surface area contributed by atoms with Crippen LogP contribution in [0.4, 0.5) is 18.9 Å². The highest BCUT2D eigenvalue weighted by molar-refractivity contribution is 6.35. The van der Waals surface area contributed by atoms with Gasteiger partial charge in [0.1, 0.15) is 18.0 Å². The first kappa shape index (κ1) is 27.4. The van der Waals surface area contributed by atoms with Crippen LogP contribution in [0.5, 0.6) is 0 Å². The summed E-state index contributed by atoms with van der Waals surface area (Å²) in [7, 11) is 0. The largest absolute Gasteiger partial charge is 0.406 e. The van der Waals surface area contributed by atoms with Crippen LogP contribution in [-0.4, -0.2) is 70.9 Å². The van der Waals surface area contributed by atoms with Crippen LogP contribution in [0.3, 0.4) is 0 Å². The van der Waals surface area contributed by atoms with Crippen LogP contribution < -0.4 is 10.6 Å². The molecular weight excluding hydrogens is 503 g/mol. The van der Waals surface area contributed by atoms with E-state index in [1.807, 2.05) is 0 Å². The van der Waals surface area contributed by atoms with E-state index in [2.05, 4.69) is 15.5 Å². The van der Waals surface area contributed by atoms with Crippen LogP contribution in [0.2, 0.25) is 0 Å². The van der Waals surface area contributed by atoms with E-state index in [1.54, 1.807) is 45.0 Å². The average molecular weight is 534 g/mol. The van der Waals surface area contributed by atoms with Crippen molar-refractivity contribution in [3.8, 4) is 0 Å². The molecule has 1 aromatic carbocycles. The number of nitrogens with zero attached hydrogens (tertiary/aromatic N) is 3. The van der Waals surface area contributed by atoms with Gasteiger partial charge in [0, 0.05) is 18.3 Å². The maximum Gasteiger partial charge on any atom is 0.406 e. The van der Waals surface area contributed by atoms with Gasteiger partial charge in [0.05, 0.1) is 6.42 Å². The molecule has 1 saturated carbocycles. The van der Waals surface area contributed by atoms with Crippen LogP contribution in [0.15, 0.2) is 24.3 Å². The van der Waals surface area contributed by atoms with Gasteiger partial charge in [0.2, 0.25) is 5.91 Å². The van der Waals surface area contributed by atoms with E-state index in [0.29, 0.717) is 24.1 Å². The minimum atomic E-state index is -4.89. The smallest absolute Gasteiger partial charge is 0.345 e. The number of alkyl halides is 3. The lowest BCUT2D eigenvalue weighted by Crippen LogP contribution is -2.58. The fraction of sp³-hybridized carbons (Fsp3) is 0.577. The van der Waals surface area contributed by atoms with E-state index in [0.717, 1.165) is 4.90 Å². The predicted octanol–water partition coefficient (Wildman–Crippen LogP) is 2.83. The first-order valence-corrected chi connectivity index (χ1v) is 12.4. The summed E-state index contributed by atoms with van der Waals surface area (Å²) in [4.78, 5) is 57.6. The monoisotopic (exact) mass is 533 g/mol. The second-order valence-corrected chi connectivity index (χ2v) is 11.4. The van der Waals surface area contributed by atoms with Crippen molar-refractivity contribution >= 4 is 29.3 Å². The molecule has 1 saturated heterocycles. The zero-order chi connectivity index (χ0) is 28.0. The number of benzene rings is 1. The molecule has 3 aliphatic rings. The highest BCUT2D eigenvalue weighted by atomic mass is 19.4. The number of amides is 4. The van der Waals surface area contributed by atoms with Crippen molar-refractivity contribution < 1.29 is 32.3 Å². The second-order valence-electron chi connectivity index (χ2n) is 11.4. The topological polar surface area (TPSA) is 103 Å².